The maximum Gasteiger partial charge on any atom is 0.156 e. The maximum atomic E-state index is 5.41. The molecule has 0 aliphatic rings. The molecule has 14 aromatic rings. The maximum absolute atomic E-state index is 5.41. The third-order valence-corrected chi connectivity index (χ3v) is 14.7. The molecule has 0 aliphatic carbocycles. The van der Waals surface area contributed by atoms with E-state index in [-0.39, 0.29) is 0 Å². The summed E-state index contributed by atoms with van der Waals surface area (Å²) >= 11 is 1.83. The molecule has 0 atom stereocenters. The van der Waals surface area contributed by atoms with Crippen LogP contribution in [-0.2, 0) is 0 Å². The molecule has 4 heteroatoms. The zero-order valence-corrected chi connectivity index (χ0v) is 35.9. The first-order valence-electron chi connectivity index (χ1n) is 22.2. The molecule has 0 fully saturated rings. The summed E-state index contributed by atoms with van der Waals surface area (Å²) in [5.41, 5.74) is 16.3. The molecule has 0 radical (unpaired) electrons. The molecule has 0 spiro atoms. The average molecular weight is 844 g/mol. The van der Waals surface area contributed by atoms with E-state index in [9.17, 15) is 0 Å². The Kier molecular flexibility index (Phi) is 7.85. The fourth-order valence-electron chi connectivity index (χ4n) is 10.5. The minimum absolute atomic E-state index is 1.01. The molecule has 0 N–H and O–H groups in total. The van der Waals surface area contributed by atoms with Gasteiger partial charge in [-0.15, -0.1) is 11.3 Å². The number of fused-ring (bicyclic) bond motifs is 13. The van der Waals surface area contributed by atoms with Crippen molar-refractivity contribution in [3.8, 4) is 50.3 Å². The van der Waals surface area contributed by atoms with Gasteiger partial charge in [0.1, 0.15) is 0 Å². The zero-order chi connectivity index (χ0) is 42.6. The number of thiophene rings is 1. The number of hydrogen-bond donors (Lipinski definition) is 0. The summed E-state index contributed by atoms with van der Waals surface area (Å²) in [5.74, 6) is 0. The Bertz CT molecular complexity index is 4210. The molecule has 14 rings (SSSR count). The van der Waals surface area contributed by atoms with Crippen LogP contribution in [0.3, 0.4) is 0 Å². The highest BCUT2D eigenvalue weighted by Crippen LogP contribution is 2.43. The highest BCUT2D eigenvalue weighted by atomic mass is 32.1. The quantitative estimate of drug-likeness (QED) is 0.169. The predicted molar refractivity (Wildman–Crippen MR) is 277 cm³/mol. The first-order valence-corrected chi connectivity index (χ1v) is 23.0. The van der Waals surface area contributed by atoms with Crippen LogP contribution in [0.25, 0.3) is 131 Å². The van der Waals surface area contributed by atoms with Crippen LogP contribution in [0.5, 0.6) is 0 Å². The molecule has 4 heterocycles. The fourth-order valence-corrected chi connectivity index (χ4v) is 11.6. The van der Waals surface area contributed by atoms with Gasteiger partial charge in [-0.25, -0.2) is 4.98 Å². The standard InChI is InChI=1S/C61H37N3S/c1-2-13-44(14-3-1)63-54-20-10-8-18-50(54)51-32-30-43(36-57(51)63)38-22-24-40(25-23-38)45-33-34-46(49-17-7-6-16-48(45)49)41-26-28-42(29-27-41)56-37-53-52-19-9-11-21-58(52)65-60(53)61-62-59-47-15-5-4-12-39(47)31-35-55(59)64(56)61/h1-37H. The van der Waals surface area contributed by atoms with Crippen LogP contribution in [0.4, 0.5) is 0 Å². The van der Waals surface area contributed by atoms with Crippen molar-refractivity contribution in [3.05, 3.63) is 224 Å². The normalized spacial score (nSPS) is 12.0. The summed E-state index contributed by atoms with van der Waals surface area (Å²) in [7, 11) is 0. The Hall–Kier alpha value is -8.31. The summed E-state index contributed by atoms with van der Waals surface area (Å²) < 4.78 is 7.27. The van der Waals surface area contributed by atoms with Crippen LogP contribution < -0.4 is 0 Å². The van der Waals surface area contributed by atoms with Gasteiger partial charge in [-0.05, 0) is 97.6 Å². The number of benzene rings is 10. The van der Waals surface area contributed by atoms with E-state index >= 15 is 0 Å². The molecule has 3 nitrogen and oxygen atoms in total. The van der Waals surface area contributed by atoms with E-state index in [1.54, 1.807) is 0 Å². The monoisotopic (exact) mass is 843 g/mol. The van der Waals surface area contributed by atoms with Crippen molar-refractivity contribution in [1.29, 1.82) is 0 Å². The SMILES string of the molecule is c1ccc(-n2c3ccccc3c3ccc(-c4ccc(-c5ccc(-c6ccc(-c7cc8c9ccccc9sc8c8nc9c%10ccccc%10ccc9n78)cc6)c6ccccc56)cc4)cc32)cc1. The third kappa shape index (κ3) is 5.51. The lowest BCUT2D eigenvalue weighted by molar-refractivity contribution is 1.18. The van der Waals surface area contributed by atoms with Crippen molar-refractivity contribution in [2.24, 2.45) is 0 Å². The molecule has 302 valence electrons. The minimum atomic E-state index is 1.01. The summed E-state index contributed by atoms with van der Waals surface area (Å²) in [6, 6.07) is 82.1. The molecule has 0 amide bonds. The molecular formula is C61H37N3S. The van der Waals surface area contributed by atoms with Crippen molar-refractivity contribution in [2.75, 3.05) is 0 Å². The van der Waals surface area contributed by atoms with Gasteiger partial charge in [0, 0.05) is 37.3 Å². The van der Waals surface area contributed by atoms with Crippen LogP contribution in [0.1, 0.15) is 0 Å². The van der Waals surface area contributed by atoms with Crippen molar-refractivity contribution in [1.82, 2.24) is 14.0 Å². The minimum Gasteiger partial charge on any atom is -0.309 e. The van der Waals surface area contributed by atoms with E-state index in [1.165, 1.54) is 103 Å². The average Bonchev–Trinajstić information content (AvgIpc) is 4.06. The first kappa shape index (κ1) is 36.2. The number of rotatable bonds is 5. The van der Waals surface area contributed by atoms with Gasteiger partial charge in [-0.1, -0.05) is 182 Å². The van der Waals surface area contributed by atoms with Gasteiger partial charge in [0.15, 0.2) is 5.65 Å². The van der Waals surface area contributed by atoms with Gasteiger partial charge in [0.2, 0.25) is 0 Å². The second-order valence-electron chi connectivity index (χ2n) is 17.1. The van der Waals surface area contributed by atoms with Gasteiger partial charge in [0.05, 0.1) is 32.5 Å². The van der Waals surface area contributed by atoms with Crippen molar-refractivity contribution >= 4 is 91.5 Å². The molecule has 4 aromatic heterocycles. The Morgan fingerprint density at radius 3 is 1.69 bits per heavy atom. The lowest BCUT2D eigenvalue weighted by atomic mass is 9.91. The van der Waals surface area contributed by atoms with E-state index < -0.39 is 0 Å². The van der Waals surface area contributed by atoms with Crippen LogP contribution >= 0.6 is 11.3 Å². The number of aromatic nitrogens is 3. The van der Waals surface area contributed by atoms with E-state index in [2.05, 4.69) is 233 Å². The number of imidazole rings is 1. The Morgan fingerprint density at radius 1 is 0.354 bits per heavy atom. The highest BCUT2D eigenvalue weighted by molar-refractivity contribution is 7.26. The second-order valence-corrected chi connectivity index (χ2v) is 18.1. The molecule has 65 heavy (non-hydrogen) atoms. The topological polar surface area (TPSA) is 22.2 Å². The summed E-state index contributed by atoms with van der Waals surface area (Å²) in [6.07, 6.45) is 0. The molecule has 10 aromatic carbocycles. The molecule has 0 saturated carbocycles. The summed E-state index contributed by atoms with van der Waals surface area (Å²) in [5, 5.41) is 9.91. The largest absolute Gasteiger partial charge is 0.309 e. The van der Waals surface area contributed by atoms with Gasteiger partial charge in [-0.3, -0.25) is 4.40 Å². The van der Waals surface area contributed by atoms with Gasteiger partial charge in [0.25, 0.3) is 0 Å². The van der Waals surface area contributed by atoms with Crippen LogP contribution in [-0.4, -0.2) is 14.0 Å². The van der Waals surface area contributed by atoms with Gasteiger partial charge < -0.3 is 4.57 Å². The molecular weight excluding hydrogens is 807 g/mol. The lowest BCUT2D eigenvalue weighted by Crippen LogP contribution is -1.93. The third-order valence-electron chi connectivity index (χ3n) is 13.5. The second kappa shape index (κ2) is 14.1. The smallest absolute Gasteiger partial charge is 0.156 e. The van der Waals surface area contributed by atoms with E-state index in [0.717, 1.165) is 27.9 Å². The molecule has 0 aliphatic heterocycles. The zero-order valence-electron chi connectivity index (χ0n) is 35.1. The fraction of sp³-hybridized carbons (Fsp3) is 0. The Morgan fingerprint density at radius 2 is 0.938 bits per heavy atom. The van der Waals surface area contributed by atoms with Crippen molar-refractivity contribution in [3.63, 3.8) is 0 Å². The van der Waals surface area contributed by atoms with Gasteiger partial charge in [-0.2, -0.15) is 0 Å². The highest BCUT2D eigenvalue weighted by Gasteiger charge is 2.20. The predicted octanol–water partition coefficient (Wildman–Crippen LogP) is 16.9. The first-order chi connectivity index (χ1) is 32.2. The lowest BCUT2D eigenvalue weighted by Gasteiger charge is -2.14. The van der Waals surface area contributed by atoms with Crippen LogP contribution in [0, 0.1) is 0 Å². The Balaban J connectivity index is 0.846. The van der Waals surface area contributed by atoms with Crippen LogP contribution in [0.2, 0.25) is 0 Å². The summed E-state index contributed by atoms with van der Waals surface area (Å²) in [4.78, 5) is 5.41. The molecule has 0 unspecified atom stereocenters. The van der Waals surface area contributed by atoms with Crippen LogP contribution in [0.15, 0.2) is 224 Å². The summed E-state index contributed by atoms with van der Waals surface area (Å²) in [6.45, 7) is 0. The molecule has 0 bridgehead atoms. The number of para-hydroxylation sites is 2. The van der Waals surface area contributed by atoms with E-state index in [1.807, 2.05) is 11.3 Å². The van der Waals surface area contributed by atoms with E-state index in [0.29, 0.717) is 0 Å². The number of nitrogens with zero attached hydrogens (tertiary/aromatic N) is 3. The van der Waals surface area contributed by atoms with Crippen molar-refractivity contribution in [2.45, 2.75) is 0 Å². The van der Waals surface area contributed by atoms with Gasteiger partial charge >= 0.3 is 0 Å². The molecule has 0 saturated heterocycles. The Labute approximate surface area is 378 Å². The van der Waals surface area contributed by atoms with E-state index in [4.69, 9.17) is 4.98 Å². The van der Waals surface area contributed by atoms with Crippen molar-refractivity contribution < 1.29 is 0 Å². The number of hydrogen-bond acceptors (Lipinski definition) is 2. The number of pyridine rings is 1.